The highest BCUT2D eigenvalue weighted by molar-refractivity contribution is 7.14. The van der Waals surface area contributed by atoms with Crippen molar-refractivity contribution in [2.45, 2.75) is 32.4 Å². The van der Waals surface area contributed by atoms with Gasteiger partial charge < -0.3 is 26.7 Å². The summed E-state index contributed by atoms with van der Waals surface area (Å²) >= 11 is 1.22. The van der Waals surface area contributed by atoms with Gasteiger partial charge in [-0.05, 0) is 30.2 Å². The zero-order valence-corrected chi connectivity index (χ0v) is 18.1. The summed E-state index contributed by atoms with van der Waals surface area (Å²) in [5, 5.41) is 10.1. The molecular weight excluding hydrogens is 435 g/mol. The number of thiazole rings is 1. The Balaban J connectivity index is 1.57. The van der Waals surface area contributed by atoms with Crippen molar-refractivity contribution in [2.75, 3.05) is 5.32 Å². The van der Waals surface area contributed by atoms with Crippen LogP contribution in [0.1, 0.15) is 35.8 Å². The number of aromatic amines is 1. The molecule has 2 aromatic heterocycles. The summed E-state index contributed by atoms with van der Waals surface area (Å²) in [6.45, 7) is 2.11. The fourth-order valence-corrected chi connectivity index (χ4v) is 3.61. The second-order valence-corrected chi connectivity index (χ2v) is 7.85. The van der Waals surface area contributed by atoms with Gasteiger partial charge >= 0.3 is 6.03 Å². The topological polar surface area (TPSA) is 142 Å². The van der Waals surface area contributed by atoms with Crippen LogP contribution in [0.2, 0.25) is 0 Å². The van der Waals surface area contributed by atoms with Crippen molar-refractivity contribution in [1.82, 2.24) is 20.6 Å². The first-order valence-electron chi connectivity index (χ1n) is 9.89. The van der Waals surface area contributed by atoms with E-state index in [2.05, 4.69) is 25.9 Å². The molecule has 0 aliphatic heterocycles. The van der Waals surface area contributed by atoms with E-state index in [-0.39, 0.29) is 18.1 Å². The number of nitrogens with one attached hydrogen (secondary N) is 4. The number of H-pyrrole nitrogens is 1. The SMILES string of the molecule is CCCC(NC(=O)NCc1ccc(F)cc1)C(=O)Nc1nc(-c2c[nH]c(C(N)=O)c2)cs1. The minimum Gasteiger partial charge on any atom is -0.364 e. The predicted molar refractivity (Wildman–Crippen MR) is 120 cm³/mol. The summed E-state index contributed by atoms with van der Waals surface area (Å²) < 4.78 is 13.0. The van der Waals surface area contributed by atoms with E-state index in [4.69, 9.17) is 5.73 Å². The van der Waals surface area contributed by atoms with E-state index in [0.29, 0.717) is 29.2 Å². The Morgan fingerprint density at radius 2 is 2.00 bits per heavy atom. The number of nitrogens with two attached hydrogens (primary N) is 1. The third-order valence-corrected chi connectivity index (χ3v) is 5.30. The minimum atomic E-state index is -0.755. The Kier molecular flexibility index (Phi) is 7.55. The Labute approximate surface area is 187 Å². The van der Waals surface area contributed by atoms with Gasteiger partial charge in [-0.3, -0.25) is 9.59 Å². The molecule has 6 N–H and O–H groups in total. The van der Waals surface area contributed by atoms with Gasteiger partial charge in [0.2, 0.25) is 5.91 Å². The van der Waals surface area contributed by atoms with Crippen LogP contribution in [0.4, 0.5) is 14.3 Å². The van der Waals surface area contributed by atoms with Crippen molar-refractivity contribution in [3.63, 3.8) is 0 Å². The summed E-state index contributed by atoms with van der Waals surface area (Å²) in [6.07, 6.45) is 2.72. The molecule has 1 atom stereocenters. The highest BCUT2D eigenvalue weighted by Gasteiger charge is 2.21. The number of carbonyl (C=O) groups is 3. The van der Waals surface area contributed by atoms with E-state index >= 15 is 0 Å². The molecule has 0 aliphatic rings. The quantitative estimate of drug-likeness (QED) is 0.336. The van der Waals surface area contributed by atoms with Gasteiger partial charge in [-0.2, -0.15) is 0 Å². The second-order valence-electron chi connectivity index (χ2n) is 6.99. The summed E-state index contributed by atoms with van der Waals surface area (Å²) in [5.74, 6) is -1.32. The van der Waals surface area contributed by atoms with E-state index < -0.39 is 23.9 Å². The highest BCUT2D eigenvalue weighted by atomic mass is 32.1. The molecule has 0 saturated heterocycles. The molecule has 3 rings (SSSR count). The smallest absolute Gasteiger partial charge is 0.315 e. The first-order chi connectivity index (χ1) is 15.4. The van der Waals surface area contributed by atoms with E-state index in [0.717, 1.165) is 5.56 Å². The van der Waals surface area contributed by atoms with Crippen LogP contribution in [0.5, 0.6) is 0 Å². The fraction of sp³-hybridized carbons (Fsp3) is 0.238. The third-order valence-electron chi connectivity index (χ3n) is 4.54. The van der Waals surface area contributed by atoms with Gasteiger partial charge in [-0.1, -0.05) is 25.5 Å². The molecule has 0 aliphatic carbocycles. The Morgan fingerprint density at radius 1 is 1.25 bits per heavy atom. The number of rotatable bonds is 9. The number of carbonyl (C=O) groups excluding carboxylic acids is 3. The van der Waals surface area contributed by atoms with Crippen molar-refractivity contribution < 1.29 is 18.8 Å². The third kappa shape index (κ3) is 6.14. The standard InChI is InChI=1S/C21H23FN6O3S/c1-2-3-15(26-20(31)25-9-12-4-6-14(22)7-5-12)19(30)28-21-27-17(11-32-21)13-8-16(18(23)29)24-10-13/h4-8,10-11,15,24H,2-3,9H2,1H3,(H2,23,29)(H2,25,26,31)(H,27,28,30). The fourth-order valence-electron chi connectivity index (χ4n) is 2.89. The number of anilines is 1. The van der Waals surface area contributed by atoms with Crippen molar-refractivity contribution in [1.29, 1.82) is 0 Å². The molecule has 0 fully saturated rings. The van der Waals surface area contributed by atoms with Crippen molar-refractivity contribution in [3.05, 3.63) is 59.0 Å². The summed E-state index contributed by atoms with van der Waals surface area (Å²) in [6, 6.07) is 6.09. The van der Waals surface area contributed by atoms with Crippen LogP contribution < -0.4 is 21.7 Å². The number of halogens is 1. The van der Waals surface area contributed by atoms with Crippen LogP contribution in [0.15, 0.2) is 41.9 Å². The van der Waals surface area contributed by atoms with Crippen molar-refractivity contribution in [2.24, 2.45) is 5.73 Å². The van der Waals surface area contributed by atoms with Crippen molar-refractivity contribution in [3.8, 4) is 11.3 Å². The number of nitrogens with zero attached hydrogens (tertiary/aromatic N) is 1. The summed E-state index contributed by atoms with van der Waals surface area (Å²) in [5.41, 5.74) is 7.47. The van der Waals surface area contributed by atoms with E-state index in [1.807, 2.05) is 6.92 Å². The number of hydrogen-bond acceptors (Lipinski definition) is 5. The van der Waals surface area contributed by atoms with Crippen LogP contribution in [0.25, 0.3) is 11.3 Å². The van der Waals surface area contributed by atoms with Gasteiger partial charge in [0.05, 0.1) is 5.69 Å². The molecule has 3 aromatic rings. The first kappa shape index (κ1) is 22.9. The number of primary amides is 1. The average molecular weight is 459 g/mol. The molecule has 0 spiro atoms. The maximum absolute atomic E-state index is 13.0. The van der Waals surface area contributed by atoms with Gasteiger partial charge in [-0.15, -0.1) is 11.3 Å². The Hall–Kier alpha value is -3.73. The largest absolute Gasteiger partial charge is 0.364 e. The molecule has 0 saturated carbocycles. The van der Waals surface area contributed by atoms with E-state index in [1.165, 1.54) is 23.5 Å². The first-order valence-corrected chi connectivity index (χ1v) is 10.8. The molecule has 0 bridgehead atoms. The molecule has 32 heavy (non-hydrogen) atoms. The molecule has 0 radical (unpaired) electrons. The van der Waals surface area contributed by atoms with Crippen LogP contribution in [-0.2, 0) is 11.3 Å². The lowest BCUT2D eigenvalue weighted by Gasteiger charge is -2.17. The normalized spacial score (nSPS) is 11.6. The summed E-state index contributed by atoms with van der Waals surface area (Å²) in [4.78, 5) is 43.3. The number of hydrogen-bond donors (Lipinski definition) is 5. The predicted octanol–water partition coefficient (Wildman–Crippen LogP) is 2.98. The van der Waals surface area contributed by atoms with E-state index in [9.17, 15) is 18.8 Å². The number of benzene rings is 1. The van der Waals surface area contributed by atoms with Gasteiger partial charge in [0.25, 0.3) is 5.91 Å². The lowest BCUT2D eigenvalue weighted by atomic mass is 10.1. The van der Waals surface area contributed by atoms with Crippen LogP contribution in [-0.4, -0.2) is 33.9 Å². The number of amides is 4. The van der Waals surface area contributed by atoms with Crippen LogP contribution in [0.3, 0.4) is 0 Å². The van der Waals surface area contributed by atoms with Crippen molar-refractivity contribution >= 4 is 34.3 Å². The summed E-state index contributed by atoms with van der Waals surface area (Å²) in [7, 11) is 0. The van der Waals surface area contributed by atoms with Gasteiger partial charge in [0.15, 0.2) is 5.13 Å². The van der Waals surface area contributed by atoms with Crippen LogP contribution >= 0.6 is 11.3 Å². The maximum atomic E-state index is 13.0. The molecule has 2 heterocycles. The molecule has 168 valence electrons. The lowest BCUT2D eigenvalue weighted by Crippen LogP contribution is -2.47. The molecule has 9 nitrogen and oxygen atoms in total. The van der Waals surface area contributed by atoms with Gasteiger partial charge in [0, 0.05) is 23.7 Å². The Morgan fingerprint density at radius 3 is 2.66 bits per heavy atom. The average Bonchev–Trinajstić information content (AvgIpc) is 3.43. The molecule has 1 aromatic carbocycles. The zero-order valence-electron chi connectivity index (χ0n) is 17.3. The monoisotopic (exact) mass is 458 g/mol. The zero-order chi connectivity index (χ0) is 23.1. The number of aromatic nitrogens is 2. The maximum Gasteiger partial charge on any atom is 0.315 e. The van der Waals surface area contributed by atoms with Gasteiger partial charge in [-0.25, -0.2) is 14.2 Å². The lowest BCUT2D eigenvalue weighted by molar-refractivity contribution is -0.118. The van der Waals surface area contributed by atoms with Crippen LogP contribution in [0, 0.1) is 5.82 Å². The van der Waals surface area contributed by atoms with E-state index in [1.54, 1.807) is 29.8 Å². The molecule has 11 heteroatoms. The number of urea groups is 1. The molecular formula is C21H23FN6O3S. The highest BCUT2D eigenvalue weighted by Crippen LogP contribution is 2.25. The molecule has 1 unspecified atom stereocenters. The minimum absolute atomic E-state index is 0.201. The Bertz CT molecular complexity index is 1100. The van der Waals surface area contributed by atoms with Gasteiger partial charge in [0.1, 0.15) is 17.6 Å². The molecule has 4 amide bonds. The second kappa shape index (κ2) is 10.5.